The molecule has 6 rings (SSSR count). The van der Waals surface area contributed by atoms with Crippen LogP contribution in [-0.2, 0) is 22.2 Å². The van der Waals surface area contributed by atoms with Gasteiger partial charge in [-0.1, -0.05) is 146 Å². The molecule has 254 valence electrons. The average molecular weight is 657 g/mol. The van der Waals surface area contributed by atoms with Gasteiger partial charge in [-0.3, -0.25) is 0 Å². The quantitative estimate of drug-likeness (QED) is 0.137. The Hall–Kier alpha value is -5.08. The number of rotatable bonds is 11. The van der Waals surface area contributed by atoms with Crippen molar-refractivity contribution >= 4 is 11.4 Å². The molecule has 0 bridgehead atoms. The molecule has 0 saturated heterocycles. The minimum Gasteiger partial charge on any atom is -0.353 e. The minimum absolute atomic E-state index is 0.273. The lowest BCUT2D eigenvalue weighted by Crippen LogP contribution is -2.52. The summed E-state index contributed by atoms with van der Waals surface area (Å²) in [6.45, 7) is 18.7. The van der Waals surface area contributed by atoms with Crippen molar-refractivity contribution < 1.29 is 0 Å². The van der Waals surface area contributed by atoms with Crippen LogP contribution in [0.25, 0.3) is 11.1 Å². The minimum atomic E-state index is -0.273. The first-order valence-corrected chi connectivity index (χ1v) is 17.9. The van der Waals surface area contributed by atoms with Gasteiger partial charge in [0.25, 0.3) is 0 Å². The van der Waals surface area contributed by atoms with E-state index in [9.17, 15) is 0 Å². The lowest BCUT2D eigenvalue weighted by atomic mass is 9.82. The van der Waals surface area contributed by atoms with Gasteiger partial charge in [-0.25, -0.2) is 0 Å². The molecular weight excluding hydrogens is 605 g/mol. The number of nitrogens with zero attached hydrogens (tertiary/aromatic N) is 2. The van der Waals surface area contributed by atoms with Crippen LogP contribution < -0.4 is 9.80 Å². The topological polar surface area (TPSA) is 6.48 Å². The van der Waals surface area contributed by atoms with Crippen LogP contribution in [0.1, 0.15) is 77.6 Å². The summed E-state index contributed by atoms with van der Waals surface area (Å²) in [5.41, 5.74) is 8.81. The lowest BCUT2D eigenvalue weighted by molar-refractivity contribution is 0.350. The van der Waals surface area contributed by atoms with Gasteiger partial charge in [0, 0.05) is 11.4 Å². The summed E-state index contributed by atoms with van der Waals surface area (Å²) in [7, 11) is 0. The molecule has 0 atom stereocenters. The van der Waals surface area contributed by atoms with Gasteiger partial charge in [-0.15, -0.1) is 0 Å². The van der Waals surface area contributed by atoms with E-state index in [-0.39, 0.29) is 22.2 Å². The summed E-state index contributed by atoms with van der Waals surface area (Å²) >= 11 is 0. The molecule has 2 heteroatoms. The van der Waals surface area contributed by atoms with Gasteiger partial charge in [0.05, 0.1) is 22.2 Å². The van der Waals surface area contributed by atoms with Crippen LogP contribution >= 0.6 is 0 Å². The molecule has 0 N–H and O–H groups in total. The highest BCUT2D eigenvalue weighted by molar-refractivity contribution is 5.70. The predicted octanol–water partition coefficient (Wildman–Crippen LogP) is 12.7. The predicted molar refractivity (Wildman–Crippen MR) is 215 cm³/mol. The van der Waals surface area contributed by atoms with Gasteiger partial charge in [-0.2, -0.15) is 0 Å². The van der Waals surface area contributed by atoms with Gasteiger partial charge in [-0.05, 0) is 113 Å². The van der Waals surface area contributed by atoms with E-state index in [2.05, 4.69) is 235 Å². The fourth-order valence-corrected chi connectivity index (χ4v) is 8.19. The fraction of sp³-hybridized carbons (Fsp3) is 0.250. The van der Waals surface area contributed by atoms with Crippen molar-refractivity contribution in [1.29, 1.82) is 0 Å². The smallest absolute Gasteiger partial charge is 0.0606 e. The van der Waals surface area contributed by atoms with E-state index in [0.717, 1.165) is 0 Å². The van der Waals surface area contributed by atoms with Crippen molar-refractivity contribution in [3.63, 3.8) is 0 Å². The first-order valence-electron chi connectivity index (χ1n) is 17.9. The molecule has 0 spiro atoms. The molecule has 0 aliphatic rings. The Bertz CT molecular complexity index is 1710. The molecule has 6 aromatic carbocycles. The van der Waals surface area contributed by atoms with Gasteiger partial charge >= 0.3 is 0 Å². The summed E-state index contributed by atoms with van der Waals surface area (Å²) in [6.07, 6.45) is 0. The summed E-state index contributed by atoms with van der Waals surface area (Å²) in [4.78, 5) is 5.15. The molecule has 6 aromatic rings. The van der Waals surface area contributed by atoms with Crippen molar-refractivity contribution in [3.8, 4) is 11.1 Å². The van der Waals surface area contributed by atoms with E-state index in [0.29, 0.717) is 0 Å². The lowest BCUT2D eigenvalue weighted by Gasteiger charge is -2.51. The maximum atomic E-state index is 2.58. The molecule has 0 fully saturated rings. The second-order valence-corrected chi connectivity index (χ2v) is 15.5. The molecular formula is C48H52N2. The SMILES string of the molecule is CC(C)(c1ccccc1)N(c1ccc(-c2ccc(N(C(C)(C)c3ccccc3)C(C)(C)c3ccccc3)cc2)cc1)C(C)(C)c1ccccc1. The van der Waals surface area contributed by atoms with E-state index in [1.807, 2.05) is 0 Å². The van der Waals surface area contributed by atoms with Gasteiger partial charge in [0.1, 0.15) is 0 Å². The molecule has 0 aliphatic heterocycles. The van der Waals surface area contributed by atoms with Crippen LogP contribution in [0.5, 0.6) is 0 Å². The first-order chi connectivity index (χ1) is 23.8. The second-order valence-electron chi connectivity index (χ2n) is 15.5. The molecule has 0 amide bonds. The highest BCUT2D eigenvalue weighted by Crippen LogP contribution is 2.45. The number of benzene rings is 6. The second kappa shape index (κ2) is 13.7. The third-order valence-electron chi connectivity index (χ3n) is 10.7. The Morgan fingerprint density at radius 1 is 0.260 bits per heavy atom. The molecule has 50 heavy (non-hydrogen) atoms. The Labute approximate surface area is 301 Å². The molecule has 0 unspecified atom stereocenters. The van der Waals surface area contributed by atoms with Gasteiger partial charge in [0.2, 0.25) is 0 Å². The average Bonchev–Trinajstić information content (AvgIpc) is 3.13. The zero-order valence-corrected chi connectivity index (χ0v) is 31.1. The number of hydrogen-bond acceptors (Lipinski definition) is 2. The van der Waals surface area contributed by atoms with Crippen LogP contribution in [0.2, 0.25) is 0 Å². The molecule has 0 heterocycles. The van der Waals surface area contributed by atoms with E-state index >= 15 is 0 Å². The molecule has 2 nitrogen and oxygen atoms in total. The maximum absolute atomic E-state index is 2.58. The summed E-state index contributed by atoms with van der Waals surface area (Å²) in [5.74, 6) is 0. The largest absolute Gasteiger partial charge is 0.353 e. The van der Waals surface area contributed by atoms with Crippen molar-refractivity contribution in [3.05, 3.63) is 192 Å². The molecule has 0 aromatic heterocycles. The van der Waals surface area contributed by atoms with Crippen molar-refractivity contribution in [2.24, 2.45) is 0 Å². The summed E-state index contributed by atoms with van der Waals surface area (Å²) < 4.78 is 0. The summed E-state index contributed by atoms with van der Waals surface area (Å²) in [5, 5.41) is 0. The van der Waals surface area contributed by atoms with Crippen LogP contribution in [0.4, 0.5) is 11.4 Å². The number of hydrogen-bond donors (Lipinski definition) is 0. The van der Waals surface area contributed by atoms with Crippen molar-refractivity contribution in [2.75, 3.05) is 9.80 Å². The fourth-order valence-electron chi connectivity index (χ4n) is 8.19. The standard InChI is InChI=1S/C48H52N2/c1-45(2,39-21-13-9-14-22-39)49(46(3,4)40-23-15-10-16-24-40)43-33-29-37(30-34-43)38-31-35-44(36-32-38)50(47(5,6)41-25-17-11-18-26-41)48(7,8)42-27-19-12-20-28-42/h9-36H,1-8H3. The monoisotopic (exact) mass is 656 g/mol. The molecule has 0 saturated carbocycles. The van der Waals surface area contributed by atoms with Crippen molar-refractivity contribution in [1.82, 2.24) is 0 Å². The Kier molecular flexibility index (Phi) is 9.51. The Morgan fingerprint density at radius 2 is 0.460 bits per heavy atom. The van der Waals surface area contributed by atoms with Crippen LogP contribution in [-0.4, -0.2) is 0 Å². The number of anilines is 2. The summed E-state index contributed by atoms with van der Waals surface area (Å²) in [6, 6.07) is 61.7. The molecule has 0 aliphatic carbocycles. The van der Waals surface area contributed by atoms with Crippen LogP contribution in [0.3, 0.4) is 0 Å². The van der Waals surface area contributed by atoms with Gasteiger partial charge < -0.3 is 9.80 Å². The van der Waals surface area contributed by atoms with Crippen molar-refractivity contribution in [2.45, 2.75) is 77.5 Å². The van der Waals surface area contributed by atoms with E-state index in [1.165, 1.54) is 44.8 Å². The normalized spacial score (nSPS) is 12.4. The molecule has 0 radical (unpaired) electrons. The third kappa shape index (κ3) is 6.60. The zero-order chi connectivity index (χ0) is 35.6. The van der Waals surface area contributed by atoms with E-state index in [1.54, 1.807) is 0 Å². The zero-order valence-electron chi connectivity index (χ0n) is 31.1. The third-order valence-corrected chi connectivity index (χ3v) is 10.7. The highest BCUT2D eigenvalue weighted by atomic mass is 15.3. The Morgan fingerprint density at radius 3 is 0.660 bits per heavy atom. The Balaban J connectivity index is 1.37. The maximum Gasteiger partial charge on any atom is 0.0606 e. The van der Waals surface area contributed by atoms with E-state index in [4.69, 9.17) is 0 Å². The van der Waals surface area contributed by atoms with Crippen LogP contribution in [0.15, 0.2) is 170 Å². The first kappa shape index (κ1) is 34.8. The van der Waals surface area contributed by atoms with Crippen LogP contribution in [0, 0.1) is 0 Å². The highest BCUT2D eigenvalue weighted by Gasteiger charge is 2.41. The van der Waals surface area contributed by atoms with Gasteiger partial charge in [0.15, 0.2) is 0 Å². The van der Waals surface area contributed by atoms with E-state index < -0.39 is 0 Å².